The number of aliphatic hydroxyl groups excluding tert-OH is 1. The van der Waals surface area contributed by atoms with E-state index < -0.39 is 0 Å². The lowest BCUT2D eigenvalue weighted by Gasteiger charge is -2.37. The van der Waals surface area contributed by atoms with Crippen LogP contribution in [-0.4, -0.2) is 41.8 Å². The molecule has 1 aliphatic rings. The van der Waals surface area contributed by atoms with E-state index in [9.17, 15) is 5.11 Å². The second-order valence-electron chi connectivity index (χ2n) is 4.56. The minimum atomic E-state index is -0.230. The Hall–Kier alpha value is -0.120. The number of rotatable bonds is 4. The smallest absolute Gasteiger partial charge is 0.0664 e. The van der Waals surface area contributed by atoms with Crippen molar-refractivity contribution in [1.29, 1.82) is 0 Å². The Morgan fingerprint density at radius 2 is 2.21 bits per heavy atom. The average Bonchev–Trinajstić information content (AvgIpc) is 2.17. The van der Waals surface area contributed by atoms with Crippen LogP contribution in [0.4, 0.5) is 0 Å². The van der Waals surface area contributed by atoms with Crippen molar-refractivity contribution < 1.29 is 5.11 Å². The van der Waals surface area contributed by atoms with Gasteiger partial charge in [0, 0.05) is 12.6 Å². The fourth-order valence-electron chi connectivity index (χ4n) is 2.24. The Balaban J connectivity index is 2.39. The molecule has 0 bridgehead atoms. The second kappa shape index (κ2) is 5.69. The lowest BCUT2D eigenvalue weighted by molar-refractivity contribution is 0.0423. The number of hydrogen-bond acceptors (Lipinski definition) is 3. The molecule has 1 saturated heterocycles. The van der Waals surface area contributed by atoms with Crippen LogP contribution in [0.15, 0.2) is 0 Å². The van der Waals surface area contributed by atoms with Gasteiger partial charge >= 0.3 is 0 Å². The lowest BCUT2D eigenvalue weighted by Crippen LogP contribution is -2.46. The van der Waals surface area contributed by atoms with Crippen molar-refractivity contribution in [3.8, 4) is 0 Å². The van der Waals surface area contributed by atoms with Crippen LogP contribution in [0.2, 0.25) is 0 Å². The third-order valence-electron chi connectivity index (χ3n) is 3.40. The Kier molecular flexibility index (Phi) is 4.85. The zero-order valence-electron chi connectivity index (χ0n) is 9.45. The first-order valence-electron chi connectivity index (χ1n) is 5.77. The molecule has 0 saturated carbocycles. The minimum Gasteiger partial charge on any atom is -0.392 e. The summed E-state index contributed by atoms with van der Waals surface area (Å²) in [6.45, 7) is 7.02. The normalized spacial score (nSPS) is 28.7. The summed E-state index contributed by atoms with van der Waals surface area (Å²) in [4.78, 5) is 2.40. The maximum absolute atomic E-state index is 9.52. The summed E-state index contributed by atoms with van der Waals surface area (Å²) in [5.41, 5.74) is 5.57. The zero-order valence-corrected chi connectivity index (χ0v) is 9.45. The number of nitrogens with two attached hydrogens (primary N) is 1. The zero-order chi connectivity index (χ0) is 10.6. The van der Waals surface area contributed by atoms with E-state index in [1.54, 1.807) is 0 Å². The topological polar surface area (TPSA) is 49.5 Å². The molecule has 1 fully saturated rings. The molecule has 14 heavy (non-hydrogen) atoms. The molecule has 0 amide bonds. The predicted octanol–water partition coefficient (Wildman–Crippen LogP) is 0.816. The summed E-state index contributed by atoms with van der Waals surface area (Å²) in [6.07, 6.45) is 3.46. The molecule has 1 heterocycles. The highest BCUT2D eigenvalue weighted by Gasteiger charge is 2.24. The number of nitrogens with zero attached hydrogens (tertiary/aromatic N) is 1. The number of aliphatic hydroxyl groups is 1. The van der Waals surface area contributed by atoms with Crippen LogP contribution in [0, 0.1) is 5.92 Å². The summed E-state index contributed by atoms with van der Waals surface area (Å²) in [6, 6.07) is 0.288. The van der Waals surface area contributed by atoms with E-state index in [0.717, 1.165) is 32.0 Å². The van der Waals surface area contributed by atoms with Gasteiger partial charge in [-0.3, -0.25) is 4.90 Å². The molecule has 1 aliphatic heterocycles. The van der Waals surface area contributed by atoms with Crippen molar-refractivity contribution in [2.24, 2.45) is 11.7 Å². The van der Waals surface area contributed by atoms with E-state index in [-0.39, 0.29) is 12.1 Å². The first kappa shape index (κ1) is 12.0. The van der Waals surface area contributed by atoms with Gasteiger partial charge in [0.2, 0.25) is 0 Å². The van der Waals surface area contributed by atoms with E-state index in [1.165, 1.54) is 12.8 Å². The molecule has 0 radical (unpaired) electrons. The molecule has 84 valence electrons. The summed E-state index contributed by atoms with van der Waals surface area (Å²) in [5.74, 6) is 0.745. The van der Waals surface area contributed by atoms with Gasteiger partial charge in [-0.15, -0.1) is 0 Å². The molecule has 0 aromatic heterocycles. The summed E-state index contributed by atoms with van der Waals surface area (Å²) in [5, 5.41) is 9.52. The molecule has 3 N–H and O–H groups in total. The van der Waals surface area contributed by atoms with Crippen molar-refractivity contribution in [3.63, 3.8) is 0 Å². The molecular weight excluding hydrogens is 176 g/mol. The van der Waals surface area contributed by atoms with E-state index in [4.69, 9.17) is 5.73 Å². The molecule has 3 nitrogen and oxygen atoms in total. The molecule has 3 heteroatoms. The quantitative estimate of drug-likeness (QED) is 0.706. The largest absolute Gasteiger partial charge is 0.392 e. The van der Waals surface area contributed by atoms with Crippen LogP contribution in [0.1, 0.15) is 33.1 Å². The fraction of sp³-hybridized carbons (Fsp3) is 1.00. The lowest BCUT2D eigenvalue weighted by atomic mass is 9.93. The van der Waals surface area contributed by atoms with Gasteiger partial charge in [0.1, 0.15) is 0 Å². The number of likely N-dealkylation sites (tertiary alicyclic amines) is 1. The monoisotopic (exact) mass is 200 g/mol. The van der Waals surface area contributed by atoms with Gasteiger partial charge < -0.3 is 10.8 Å². The van der Waals surface area contributed by atoms with E-state index >= 15 is 0 Å². The maximum Gasteiger partial charge on any atom is 0.0664 e. The van der Waals surface area contributed by atoms with Crippen LogP contribution in [-0.2, 0) is 0 Å². The maximum atomic E-state index is 9.52. The molecule has 3 atom stereocenters. The molecule has 0 aliphatic carbocycles. The van der Waals surface area contributed by atoms with Crippen LogP contribution >= 0.6 is 0 Å². The van der Waals surface area contributed by atoms with Gasteiger partial charge in [-0.2, -0.15) is 0 Å². The van der Waals surface area contributed by atoms with Crippen molar-refractivity contribution in [2.75, 3.05) is 19.6 Å². The third kappa shape index (κ3) is 3.23. The van der Waals surface area contributed by atoms with Gasteiger partial charge in [0.25, 0.3) is 0 Å². The van der Waals surface area contributed by atoms with Crippen LogP contribution in [0.3, 0.4) is 0 Å². The first-order valence-corrected chi connectivity index (χ1v) is 5.77. The van der Waals surface area contributed by atoms with Crippen molar-refractivity contribution in [2.45, 2.75) is 45.3 Å². The number of hydrogen-bond donors (Lipinski definition) is 2. The predicted molar refractivity (Wildman–Crippen MR) is 59.1 cm³/mol. The van der Waals surface area contributed by atoms with E-state index in [2.05, 4.69) is 11.8 Å². The Morgan fingerprint density at radius 3 is 2.79 bits per heavy atom. The highest BCUT2D eigenvalue weighted by Crippen LogP contribution is 2.21. The average molecular weight is 200 g/mol. The van der Waals surface area contributed by atoms with Crippen LogP contribution in [0.25, 0.3) is 0 Å². The minimum absolute atomic E-state index is 0.230. The van der Waals surface area contributed by atoms with Crippen molar-refractivity contribution in [1.82, 2.24) is 4.90 Å². The summed E-state index contributed by atoms with van der Waals surface area (Å²) in [7, 11) is 0. The van der Waals surface area contributed by atoms with E-state index in [0.29, 0.717) is 0 Å². The van der Waals surface area contributed by atoms with Crippen molar-refractivity contribution >= 4 is 0 Å². The van der Waals surface area contributed by atoms with Gasteiger partial charge in [-0.05, 0) is 52.1 Å². The second-order valence-corrected chi connectivity index (χ2v) is 4.56. The molecule has 0 aromatic rings. The molecule has 3 unspecified atom stereocenters. The Bertz CT molecular complexity index is 159. The van der Waals surface area contributed by atoms with E-state index in [1.807, 2.05) is 6.92 Å². The summed E-state index contributed by atoms with van der Waals surface area (Å²) >= 11 is 0. The molecule has 1 rings (SSSR count). The Labute approximate surface area is 87.3 Å². The van der Waals surface area contributed by atoms with Gasteiger partial charge in [0.05, 0.1) is 6.10 Å². The first-order chi connectivity index (χ1) is 6.65. The highest BCUT2D eigenvalue weighted by molar-refractivity contribution is 4.79. The standard InChI is InChI=1S/C11H24N2O/c1-9(10(2)14)13-7-3-4-11(8-13)5-6-12/h9-11,14H,3-8,12H2,1-2H3. The summed E-state index contributed by atoms with van der Waals surface area (Å²) < 4.78 is 0. The number of piperidine rings is 1. The fourth-order valence-corrected chi connectivity index (χ4v) is 2.24. The molecular formula is C11H24N2O. The van der Waals surface area contributed by atoms with Gasteiger partial charge in [0.15, 0.2) is 0 Å². The highest BCUT2D eigenvalue weighted by atomic mass is 16.3. The van der Waals surface area contributed by atoms with Crippen LogP contribution < -0.4 is 5.73 Å². The van der Waals surface area contributed by atoms with Gasteiger partial charge in [-0.25, -0.2) is 0 Å². The van der Waals surface area contributed by atoms with Crippen molar-refractivity contribution in [3.05, 3.63) is 0 Å². The Morgan fingerprint density at radius 1 is 1.50 bits per heavy atom. The molecule has 0 spiro atoms. The SMILES string of the molecule is CC(O)C(C)N1CCCC(CCN)C1. The van der Waals surface area contributed by atoms with Crippen LogP contribution in [0.5, 0.6) is 0 Å². The molecule has 0 aromatic carbocycles. The van der Waals surface area contributed by atoms with Gasteiger partial charge in [-0.1, -0.05) is 0 Å². The third-order valence-corrected chi connectivity index (χ3v) is 3.40.